The number of ether oxygens (including phenoxy) is 1. The molecular weight excluding hydrogens is 583 g/mol. The van der Waals surface area contributed by atoms with Gasteiger partial charge in [0, 0.05) is 49.1 Å². The van der Waals surface area contributed by atoms with Crippen molar-refractivity contribution in [2.24, 2.45) is 5.92 Å². The van der Waals surface area contributed by atoms with Crippen molar-refractivity contribution in [2.75, 3.05) is 37.7 Å². The quantitative estimate of drug-likeness (QED) is 0.279. The number of aromatic nitrogens is 3. The molecule has 0 saturated carbocycles. The fraction of sp³-hybridized carbons (Fsp3) is 0.441. The number of alkyl halides is 1. The highest BCUT2D eigenvalue weighted by Gasteiger charge is 2.49. The first-order valence-corrected chi connectivity index (χ1v) is 15.2. The zero-order valence-electron chi connectivity index (χ0n) is 25.2. The summed E-state index contributed by atoms with van der Waals surface area (Å²) in [5.41, 5.74) is -1.59. The molecule has 3 fully saturated rings. The maximum absolute atomic E-state index is 16.7. The van der Waals surface area contributed by atoms with Crippen LogP contribution in [-0.4, -0.2) is 80.2 Å². The van der Waals surface area contributed by atoms with Crippen LogP contribution in [-0.2, 0) is 0 Å². The van der Waals surface area contributed by atoms with Crippen molar-refractivity contribution in [1.82, 2.24) is 19.9 Å². The molecule has 7 rings (SSSR count). The molecule has 2 aromatic heterocycles. The molecule has 4 aromatic rings. The van der Waals surface area contributed by atoms with E-state index >= 15 is 4.39 Å². The summed E-state index contributed by atoms with van der Waals surface area (Å²) >= 11 is 0. The lowest BCUT2D eigenvalue weighted by atomic mass is 9.90. The van der Waals surface area contributed by atoms with Crippen LogP contribution in [0, 0.1) is 29.9 Å². The number of hydrogen-bond donors (Lipinski definition) is 2. The van der Waals surface area contributed by atoms with E-state index in [4.69, 9.17) is 16.1 Å². The molecule has 3 atom stereocenters. The van der Waals surface area contributed by atoms with Crippen LogP contribution in [0.5, 0.6) is 11.8 Å². The van der Waals surface area contributed by atoms with E-state index in [0.29, 0.717) is 49.1 Å². The average molecular weight is 618 g/mol. The third-order valence-electron chi connectivity index (χ3n) is 9.81. The molecule has 0 aliphatic carbocycles. The van der Waals surface area contributed by atoms with E-state index in [1.165, 1.54) is 30.5 Å². The third kappa shape index (κ3) is 5.00. The minimum atomic E-state index is -0.939. The number of fused-ring (bicyclic) bond motifs is 3. The van der Waals surface area contributed by atoms with Crippen LogP contribution >= 0.6 is 0 Å². The number of pyridine rings is 1. The summed E-state index contributed by atoms with van der Waals surface area (Å²) in [6.07, 6.45) is 8.95. The second-order valence-corrected chi connectivity index (χ2v) is 13.1. The molecule has 0 amide bonds. The van der Waals surface area contributed by atoms with Crippen molar-refractivity contribution in [3.8, 4) is 35.4 Å². The van der Waals surface area contributed by atoms with E-state index in [1.807, 2.05) is 4.90 Å². The van der Waals surface area contributed by atoms with Crippen molar-refractivity contribution in [1.29, 1.82) is 0 Å². The van der Waals surface area contributed by atoms with Crippen LogP contribution in [0.15, 0.2) is 30.5 Å². The summed E-state index contributed by atoms with van der Waals surface area (Å²) in [6.45, 7) is 5.88. The molecule has 2 aromatic carbocycles. The molecule has 3 aliphatic rings. The normalized spacial score (nSPS) is 23.6. The number of rotatable bonds is 6. The van der Waals surface area contributed by atoms with Crippen LogP contribution in [0.4, 0.5) is 19.0 Å². The lowest BCUT2D eigenvalue weighted by Crippen LogP contribution is -2.43. The zero-order chi connectivity index (χ0) is 31.7. The Morgan fingerprint density at radius 2 is 2.00 bits per heavy atom. The molecule has 8 nitrogen and oxygen atoms in total. The number of aliphatic hydroxyl groups is 1. The summed E-state index contributed by atoms with van der Waals surface area (Å²) in [5, 5.41) is 22.2. The number of hydrogen-bond acceptors (Lipinski definition) is 8. The van der Waals surface area contributed by atoms with Crippen molar-refractivity contribution < 1.29 is 28.1 Å². The highest BCUT2D eigenvalue weighted by Crippen LogP contribution is 2.42. The number of terminal acetylenes is 1. The highest BCUT2D eigenvalue weighted by atomic mass is 19.1. The van der Waals surface area contributed by atoms with Crippen molar-refractivity contribution in [3.05, 3.63) is 47.7 Å². The maximum atomic E-state index is 16.7. The van der Waals surface area contributed by atoms with Gasteiger partial charge in [-0.15, -0.1) is 6.42 Å². The van der Waals surface area contributed by atoms with Gasteiger partial charge in [0.25, 0.3) is 0 Å². The Hall–Kier alpha value is -4.14. The summed E-state index contributed by atoms with van der Waals surface area (Å²) < 4.78 is 52.1. The van der Waals surface area contributed by atoms with Gasteiger partial charge in [0.05, 0.1) is 22.1 Å². The minimum Gasteiger partial charge on any atom is -0.508 e. The predicted molar refractivity (Wildman–Crippen MR) is 165 cm³/mol. The number of aromatic hydroxyl groups is 1. The lowest BCUT2D eigenvalue weighted by molar-refractivity contribution is 0.0263. The third-order valence-corrected chi connectivity index (χ3v) is 9.81. The lowest BCUT2D eigenvalue weighted by Gasteiger charge is -2.31. The Balaban J connectivity index is 1.37. The Labute approximate surface area is 258 Å². The molecular formula is C34H34F3N5O3. The fourth-order valence-electron chi connectivity index (χ4n) is 7.44. The van der Waals surface area contributed by atoms with Crippen LogP contribution in [0.3, 0.4) is 0 Å². The minimum absolute atomic E-state index is 0.0504. The number of nitrogens with zero attached hydrogens (tertiary/aromatic N) is 5. The fourth-order valence-corrected chi connectivity index (χ4v) is 7.44. The Kier molecular flexibility index (Phi) is 7.06. The Morgan fingerprint density at radius 1 is 1.18 bits per heavy atom. The molecule has 2 N–H and O–H groups in total. The maximum Gasteiger partial charge on any atom is 0.319 e. The Bertz CT molecular complexity index is 1870. The van der Waals surface area contributed by atoms with Crippen molar-refractivity contribution >= 4 is 27.5 Å². The van der Waals surface area contributed by atoms with E-state index in [0.717, 1.165) is 19.4 Å². The second-order valence-electron chi connectivity index (χ2n) is 13.1. The van der Waals surface area contributed by atoms with Crippen LogP contribution in [0.2, 0.25) is 0 Å². The van der Waals surface area contributed by atoms with Gasteiger partial charge < -0.3 is 19.8 Å². The van der Waals surface area contributed by atoms with Gasteiger partial charge in [-0.25, -0.2) is 13.2 Å². The van der Waals surface area contributed by atoms with E-state index in [9.17, 15) is 19.0 Å². The molecule has 3 aliphatic heterocycles. The topological polar surface area (TPSA) is 94.8 Å². The van der Waals surface area contributed by atoms with Crippen molar-refractivity contribution in [3.63, 3.8) is 0 Å². The van der Waals surface area contributed by atoms with Gasteiger partial charge in [-0.05, 0) is 63.2 Å². The molecule has 0 spiro atoms. The number of phenolic OH excluding ortho intramolecular Hbond substituents is 1. The first kappa shape index (κ1) is 29.6. The van der Waals surface area contributed by atoms with Gasteiger partial charge in [-0.2, -0.15) is 9.97 Å². The van der Waals surface area contributed by atoms with E-state index in [-0.39, 0.29) is 52.0 Å². The molecule has 3 saturated heterocycles. The number of phenols is 1. The van der Waals surface area contributed by atoms with Crippen LogP contribution in [0.25, 0.3) is 32.9 Å². The predicted octanol–water partition coefficient (Wildman–Crippen LogP) is 5.36. The van der Waals surface area contributed by atoms with Gasteiger partial charge >= 0.3 is 6.01 Å². The molecule has 0 unspecified atom stereocenters. The van der Waals surface area contributed by atoms with Crippen LogP contribution in [0.1, 0.15) is 45.1 Å². The smallest absolute Gasteiger partial charge is 0.319 e. The monoisotopic (exact) mass is 617 g/mol. The first-order valence-electron chi connectivity index (χ1n) is 15.2. The first-order chi connectivity index (χ1) is 21.5. The molecule has 5 heterocycles. The summed E-state index contributed by atoms with van der Waals surface area (Å²) in [4.78, 5) is 17.7. The SMILES string of the molecule is C#Cc1c(F)ccc2cc(O)cc(-c3ncc4c(N5CC[C@@H](C(C)(C)O)C5)nc(OC[C@@]56CCCN5C[C@H](F)C6)nc4c3F)c12. The van der Waals surface area contributed by atoms with Crippen molar-refractivity contribution in [2.45, 2.75) is 56.8 Å². The Morgan fingerprint density at radius 3 is 2.76 bits per heavy atom. The van der Waals surface area contributed by atoms with Gasteiger partial charge in [0.1, 0.15) is 41.4 Å². The average Bonchev–Trinajstić information content (AvgIpc) is 3.71. The summed E-state index contributed by atoms with van der Waals surface area (Å²) in [5.74, 6) is 1.07. The highest BCUT2D eigenvalue weighted by molar-refractivity contribution is 6.03. The molecule has 45 heavy (non-hydrogen) atoms. The number of halogens is 3. The van der Waals surface area contributed by atoms with Crippen LogP contribution < -0.4 is 9.64 Å². The standard InChI is InChI=1S/C34H34F3N5O3/c1-4-23-26(36)7-6-19-12-22(43)13-24(27(19)23)29-28(37)30-25(15-38-29)31(41-11-8-20(16-41)33(2,3)44)40-32(39-30)45-18-34-9-5-10-42(34)17-21(35)14-34/h1,6-7,12-13,15,20-21,43-44H,5,8-11,14,16-18H2,2-3H3/t20-,21-,34+/m1/s1. The molecule has 234 valence electrons. The summed E-state index contributed by atoms with van der Waals surface area (Å²) in [6, 6.07) is 5.33. The molecule has 0 bridgehead atoms. The van der Waals surface area contributed by atoms with Gasteiger partial charge in [0.2, 0.25) is 0 Å². The van der Waals surface area contributed by atoms with Gasteiger partial charge in [0.15, 0.2) is 5.82 Å². The molecule has 0 radical (unpaired) electrons. The summed E-state index contributed by atoms with van der Waals surface area (Å²) in [7, 11) is 0. The second kappa shape index (κ2) is 10.7. The van der Waals surface area contributed by atoms with E-state index in [2.05, 4.69) is 20.8 Å². The van der Waals surface area contributed by atoms with Gasteiger partial charge in [-0.3, -0.25) is 9.88 Å². The zero-order valence-corrected chi connectivity index (χ0v) is 25.2. The van der Waals surface area contributed by atoms with E-state index in [1.54, 1.807) is 13.8 Å². The number of anilines is 1. The van der Waals surface area contributed by atoms with E-state index < -0.39 is 28.9 Å². The largest absolute Gasteiger partial charge is 0.508 e. The number of benzene rings is 2. The molecule has 11 heteroatoms. The van der Waals surface area contributed by atoms with Gasteiger partial charge in [-0.1, -0.05) is 12.0 Å².